The molecule has 126 valence electrons. The molecule has 7 nitrogen and oxygen atoms in total. The lowest BCUT2D eigenvalue weighted by Crippen LogP contribution is -2.41. The van der Waals surface area contributed by atoms with Gasteiger partial charge in [-0.25, -0.2) is 4.79 Å². The van der Waals surface area contributed by atoms with Crippen molar-refractivity contribution in [3.63, 3.8) is 0 Å². The number of carbonyl (C=O) groups is 2. The average molecular weight is 329 g/mol. The zero-order chi connectivity index (χ0) is 17.3. The molecule has 3 rings (SSSR count). The summed E-state index contributed by atoms with van der Waals surface area (Å²) < 4.78 is 5.25. The first-order valence-corrected chi connectivity index (χ1v) is 7.69. The van der Waals surface area contributed by atoms with E-state index >= 15 is 0 Å². The van der Waals surface area contributed by atoms with Gasteiger partial charge in [0, 0.05) is 24.2 Å². The largest absolute Gasteiger partial charge is 0.480 e. The predicted octanol–water partition coefficient (Wildman–Crippen LogP) is 1.57. The van der Waals surface area contributed by atoms with Gasteiger partial charge in [0.25, 0.3) is 5.91 Å². The van der Waals surface area contributed by atoms with Crippen LogP contribution in [0.25, 0.3) is 11.3 Å². The molecular weight excluding hydrogens is 310 g/mol. The SMILES string of the molecule is CN(C)[C@@H]1C[C@@H](C(=O)O)N(C(=O)c2cc(-c3ccccc3)on2)C1. The summed E-state index contributed by atoms with van der Waals surface area (Å²) in [5, 5.41) is 13.2. The van der Waals surface area contributed by atoms with Crippen molar-refractivity contribution in [2.24, 2.45) is 0 Å². The molecule has 1 aliphatic rings. The quantitative estimate of drug-likeness (QED) is 0.916. The smallest absolute Gasteiger partial charge is 0.326 e. The van der Waals surface area contributed by atoms with E-state index in [9.17, 15) is 14.7 Å². The van der Waals surface area contributed by atoms with E-state index < -0.39 is 17.9 Å². The van der Waals surface area contributed by atoms with Gasteiger partial charge in [-0.1, -0.05) is 35.5 Å². The van der Waals surface area contributed by atoms with Crippen LogP contribution >= 0.6 is 0 Å². The number of amides is 1. The highest BCUT2D eigenvalue weighted by Gasteiger charge is 2.41. The number of hydrogen-bond acceptors (Lipinski definition) is 5. The molecule has 0 radical (unpaired) electrons. The van der Waals surface area contributed by atoms with Gasteiger partial charge in [-0.15, -0.1) is 0 Å². The van der Waals surface area contributed by atoms with E-state index in [-0.39, 0.29) is 11.7 Å². The first-order valence-electron chi connectivity index (χ1n) is 7.69. The Balaban J connectivity index is 1.83. The summed E-state index contributed by atoms with van der Waals surface area (Å²) in [6.07, 6.45) is 0.400. The molecule has 2 atom stereocenters. The standard InChI is InChI=1S/C17H19N3O4/c1-19(2)12-8-14(17(22)23)20(10-12)16(21)13-9-15(24-18-13)11-6-4-3-5-7-11/h3-7,9,12,14H,8,10H2,1-2H3,(H,22,23)/t12-,14+/m1/s1. The Hall–Kier alpha value is -2.67. The Morgan fingerprint density at radius 3 is 2.62 bits per heavy atom. The van der Waals surface area contributed by atoms with Gasteiger partial charge in [0.05, 0.1) is 0 Å². The van der Waals surface area contributed by atoms with Gasteiger partial charge in [0.2, 0.25) is 0 Å². The molecule has 7 heteroatoms. The molecule has 0 spiro atoms. The summed E-state index contributed by atoms with van der Waals surface area (Å²) in [5.41, 5.74) is 0.936. The Labute approximate surface area is 139 Å². The second-order valence-corrected chi connectivity index (χ2v) is 6.11. The van der Waals surface area contributed by atoms with Crippen LogP contribution in [0.5, 0.6) is 0 Å². The highest BCUT2D eigenvalue weighted by molar-refractivity contribution is 5.96. The highest BCUT2D eigenvalue weighted by Crippen LogP contribution is 2.25. The van der Waals surface area contributed by atoms with Gasteiger partial charge in [0.1, 0.15) is 6.04 Å². The molecule has 1 N–H and O–H groups in total. The van der Waals surface area contributed by atoms with E-state index in [0.717, 1.165) is 5.56 Å². The molecule has 0 saturated carbocycles. The lowest BCUT2D eigenvalue weighted by molar-refractivity contribution is -0.141. The zero-order valence-corrected chi connectivity index (χ0v) is 13.5. The van der Waals surface area contributed by atoms with Crippen LogP contribution in [0.1, 0.15) is 16.9 Å². The first kappa shape index (κ1) is 16.2. The lowest BCUT2D eigenvalue weighted by Gasteiger charge is -2.21. The molecule has 1 amide bonds. The molecule has 1 aromatic heterocycles. The molecule has 2 heterocycles. The minimum atomic E-state index is -1.00. The number of likely N-dealkylation sites (tertiary alicyclic amines) is 1. The topological polar surface area (TPSA) is 86.9 Å². The zero-order valence-electron chi connectivity index (χ0n) is 13.5. The third-order valence-electron chi connectivity index (χ3n) is 4.34. The monoisotopic (exact) mass is 329 g/mol. The minimum absolute atomic E-state index is 0.00976. The third kappa shape index (κ3) is 3.03. The Morgan fingerprint density at radius 1 is 1.29 bits per heavy atom. The number of hydrogen-bond donors (Lipinski definition) is 1. The van der Waals surface area contributed by atoms with Crippen LogP contribution in [-0.2, 0) is 4.79 Å². The van der Waals surface area contributed by atoms with Crippen LogP contribution in [0, 0.1) is 0 Å². The highest BCUT2D eigenvalue weighted by atomic mass is 16.5. The van der Waals surface area contributed by atoms with Crippen molar-refractivity contribution >= 4 is 11.9 Å². The maximum Gasteiger partial charge on any atom is 0.326 e. The van der Waals surface area contributed by atoms with Crippen molar-refractivity contribution in [2.45, 2.75) is 18.5 Å². The number of aromatic nitrogens is 1. The summed E-state index contributed by atoms with van der Waals surface area (Å²) in [6.45, 7) is 0.357. The lowest BCUT2D eigenvalue weighted by atomic mass is 10.1. The van der Waals surface area contributed by atoms with E-state index in [0.29, 0.717) is 18.7 Å². The van der Waals surface area contributed by atoms with Crippen molar-refractivity contribution in [3.05, 3.63) is 42.1 Å². The number of rotatable bonds is 4. The first-order chi connectivity index (χ1) is 11.5. The van der Waals surface area contributed by atoms with E-state index in [2.05, 4.69) is 5.16 Å². The maximum absolute atomic E-state index is 12.7. The molecule has 0 unspecified atom stereocenters. The van der Waals surface area contributed by atoms with Gasteiger partial charge < -0.3 is 19.4 Å². The molecule has 24 heavy (non-hydrogen) atoms. The average Bonchev–Trinajstić information content (AvgIpc) is 3.22. The summed E-state index contributed by atoms with van der Waals surface area (Å²) in [7, 11) is 3.75. The normalized spacial score (nSPS) is 20.5. The summed E-state index contributed by atoms with van der Waals surface area (Å²) in [6, 6.07) is 10.0. The number of aliphatic carboxylic acids is 1. The number of benzene rings is 1. The number of likely N-dealkylation sites (N-methyl/N-ethyl adjacent to an activating group) is 1. The minimum Gasteiger partial charge on any atom is -0.480 e. The molecule has 1 aromatic carbocycles. The van der Waals surface area contributed by atoms with Gasteiger partial charge in [-0.2, -0.15) is 0 Å². The van der Waals surface area contributed by atoms with Crippen LogP contribution in [0.15, 0.2) is 40.9 Å². The summed E-state index contributed by atoms with van der Waals surface area (Å²) >= 11 is 0. The van der Waals surface area contributed by atoms with Gasteiger partial charge in [0.15, 0.2) is 11.5 Å². The van der Waals surface area contributed by atoms with Crippen molar-refractivity contribution in [1.82, 2.24) is 15.0 Å². The number of carbonyl (C=O) groups excluding carboxylic acids is 1. The second-order valence-electron chi connectivity index (χ2n) is 6.11. The summed E-state index contributed by atoms with van der Waals surface area (Å²) in [4.78, 5) is 27.5. The van der Waals surface area contributed by atoms with E-state index in [1.807, 2.05) is 49.3 Å². The Morgan fingerprint density at radius 2 is 2.00 bits per heavy atom. The molecule has 1 saturated heterocycles. The predicted molar refractivity (Wildman–Crippen MR) is 86.5 cm³/mol. The van der Waals surface area contributed by atoms with Crippen LogP contribution in [0.4, 0.5) is 0 Å². The number of carboxylic acid groups (broad SMARTS) is 1. The molecule has 0 bridgehead atoms. The van der Waals surface area contributed by atoms with Gasteiger partial charge in [-0.3, -0.25) is 4.79 Å². The van der Waals surface area contributed by atoms with E-state index in [1.54, 1.807) is 6.07 Å². The second kappa shape index (κ2) is 6.45. The molecule has 2 aromatic rings. The molecule has 0 aliphatic carbocycles. The van der Waals surface area contributed by atoms with Gasteiger partial charge >= 0.3 is 5.97 Å². The Kier molecular flexibility index (Phi) is 4.35. The Bertz CT molecular complexity index is 741. The fourth-order valence-electron chi connectivity index (χ4n) is 2.91. The fourth-order valence-corrected chi connectivity index (χ4v) is 2.91. The van der Waals surface area contributed by atoms with Gasteiger partial charge in [-0.05, 0) is 20.5 Å². The van der Waals surface area contributed by atoms with Crippen LogP contribution in [-0.4, -0.2) is 64.7 Å². The van der Waals surface area contributed by atoms with Crippen molar-refractivity contribution < 1.29 is 19.2 Å². The fraction of sp³-hybridized carbons (Fsp3) is 0.353. The summed E-state index contributed by atoms with van der Waals surface area (Å²) in [5.74, 6) is -0.939. The third-order valence-corrected chi connectivity index (χ3v) is 4.34. The van der Waals surface area contributed by atoms with Crippen molar-refractivity contribution in [1.29, 1.82) is 0 Å². The maximum atomic E-state index is 12.7. The molecule has 1 aliphatic heterocycles. The molecule has 1 fully saturated rings. The molecular formula is C17H19N3O4. The van der Waals surface area contributed by atoms with Crippen molar-refractivity contribution in [2.75, 3.05) is 20.6 Å². The van der Waals surface area contributed by atoms with E-state index in [4.69, 9.17) is 4.52 Å². The van der Waals surface area contributed by atoms with Crippen LogP contribution < -0.4 is 0 Å². The van der Waals surface area contributed by atoms with Crippen molar-refractivity contribution in [3.8, 4) is 11.3 Å². The number of carboxylic acids is 1. The van der Waals surface area contributed by atoms with E-state index in [1.165, 1.54) is 4.90 Å². The number of nitrogens with zero attached hydrogens (tertiary/aromatic N) is 3. The van der Waals surface area contributed by atoms with Crippen LogP contribution in [0.3, 0.4) is 0 Å². The van der Waals surface area contributed by atoms with Crippen LogP contribution in [0.2, 0.25) is 0 Å².